The lowest BCUT2D eigenvalue weighted by Crippen LogP contribution is -2.02. The summed E-state index contributed by atoms with van der Waals surface area (Å²) in [6, 6.07) is 9.83. The number of rotatable bonds is 6. The van der Waals surface area contributed by atoms with Crippen LogP contribution in [-0.2, 0) is 19.5 Å². The van der Waals surface area contributed by atoms with E-state index in [2.05, 4.69) is 21.7 Å². The van der Waals surface area contributed by atoms with Gasteiger partial charge < -0.3 is 10.4 Å². The highest BCUT2D eigenvalue weighted by molar-refractivity contribution is 5.45. The van der Waals surface area contributed by atoms with Crippen LogP contribution in [0.1, 0.15) is 11.3 Å². The molecule has 0 unspecified atom stereocenters. The molecule has 98 valence electrons. The van der Waals surface area contributed by atoms with Crippen molar-refractivity contribution < 1.29 is 5.11 Å². The van der Waals surface area contributed by atoms with Crippen LogP contribution in [0.2, 0.25) is 0 Å². The molecule has 0 bridgehead atoms. The van der Waals surface area contributed by atoms with Gasteiger partial charge in [0, 0.05) is 5.69 Å². The van der Waals surface area contributed by atoms with Crippen LogP contribution in [0.4, 0.5) is 5.69 Å². The quantitative estimate of drug-likeness (QED) is 0.804. The standard InChI is InChI=1S/C13H15N5O/c14-6-5-11-1-3-12(4-2-11)15-9-13-10-18(7-8-19)17-16-13/h1-4,10,15,19H,5,7-9H2. The fraction of sp³-hybridized carbons (Fsp3) is 0.308. The van der Waals surface area contributed by atoms with Gasteiger partial charge in [-0.05, 0) is 17.7 Å². The van der Waals surface area contributed by atoms with Crippen LogP contribution in [-0.4, -0.2) is 26.7 Å². The maximum atomic E-state index is 8.78. The van der Waals surface area contributed by atoms with Gasteiger partial charge in [-0.3, -0.25) is 0 Å². The highest BCUT2D eigenvalue weighted by atomic mass is 16.3. The molecule has 19 heavy (non-hydrogen) atoms. The van der Waals surface area contributed by atoms with Crippen molar-refractivity contribution in [2.24, 2.45) is 0 Å². The molecule has 0 saturated carbocycles. The van der Waals surface area contributed by atoms with Crippen molar-refractivity contribution in [3.8, 4) is 6.07 Å². The molecule has 1 aromatic heterocycles. The van der Waals surface area contributed by atoms with Crippen molar-refractivity contribution in [1.82, 2.24) is 15.0 Å². The lowest BCUT2D eigenvalue weighted by atomic mass is 10.1. The Morgan fingerprint density at radius 2 is 2.11 bits per heavy atom. The van der Waals surface area contributed by atoms with Crippen molar-refractivity contribution in [2.75, 3.05) is 11.9 Å². The molecule has 1 heterocycles. The van der Waals surface area contributed by atoms with Crippen molar-refractivity contribution in [3.05, 3.63) is 41.7 Å². The minimum Gasteiger partial charge on any atom is -0.394 e. The average molecular weight is 257 g/mol. The summed E-state index contributed by atoms with van der Waals surface area (Å²) in [6.07, 6.45) is 2.23. The van der Waals surface area contributed by atoms with Crippen LogP contribution < -0.4 is 5.32 Å². The number of anilines is 1. The largest absolute Gasteiger partial charge is 0.394 e. The summed E-state index contributed by atoms with van der Waals surface area (Å²) < 4.78 is 1.60. The van der Waals surface area contributed by atoms with E-state index in [1.165, 1.54) is 0 Å². The number of aliphatic hydroxyl groups excluding tert-OH is 1. The summed E-state index contributed by atoms with van der Waals surface area (Å²) in [4.78, 5) is 0. The summed E-state index contributed by atoms with van der Waals surface area (Å²) >= 11 is 0. The molecule has 0 aliphatic carbocycles. The van der Waals surface area contributed by atoms with Crippen molar-refractivity contribution in [2.45, 2.75) is 19.5 Å². The van der Waals surface area contributed by atoms with E-state index >= 15 is 0 Å². The first-order valence-corrected chi connectivity index (χ1v) is 6.01. The van der Waals surface area contributed by atoms with E-state index in [0.717, 1.165) is 16.9 Å². The molecule has 6 heteroatoms. The number of nitriles is 1. The Balaban J connectivity index is 1.89. The molecule has 0 amide bonds. The molecule has 0 radical (unpaired) electrons. The van der Waals surface area contributed by atoms with Gasteiger partial charge in [0.25, 0.3) is 0 Å². The molecule has 0 aliphatic heterocycles. The Labute approximate surface area is 111 Å². The van der Waals surface area contributed by atoms with E-state index in [4.69, 9.17) is 10.4 Å². The second kappa shape index (κ2) is 6.52. The molecule has 2 aromatic rings. The molecule has 0 saturated heterocycles. The van der Waals surface area contributed by atoms with Crippen molar-refractivity contribution in [1.29, 1.82) is 5.26 Å². The molecular weight excluding hydrogens is 242 g/mol. The number of hydrogen-bond donors (Lipinski definition) is 2. The van der Waals surface area contributed by atoms with Crippen LogP contribution in [0.5, 0.6) is 0 Å². The summed E-state index contributed by atoms with van der Waals surface area (Å²) in [5.74, 6) is 0. The number of benzene rings is 1. The monoisotopic (exact) mass is 257 g/mol. The third-order valence-electron chi connectivity index (χ3n) is 2.63. The maximum absolute atomic E-state index is 8.78. The predicted molar refractivity (Wildman–Crippen MR) is 70.2 cm³/mol. The second-order valence-electron chi connectivity index (χ2n) is 4.08. The fourth-order valence-electron chi connectivity index (χ4n) is 1.66. The van der Waals surface area contributed by atoms with E-state index in [1.54, 1.807) is 10.9 Å². The number of nitrogens with zero attached hydrogens (tertiary/aromatic N) is 4. The highest BCUT2D eigenvalue weighted by Crippen LogP contribution is 2.10. The van der Waals surface area contributed by atoms with Gasteiger partial charge in [0.2, 0.25) is 0 Å². The van der Waals surface area contributed by atoms with Crippen LogP contribution in [0.25, 0.3) is 0 Å². The van der Waals surface area contributed by atoms with Gasteiger partial charge in [-0.2, -0.15) is 5.26 Å². The van der Waals surface area contributed by atoms with E-state index in [1.807, 2.05) is 24.3 Å². The normalized spacial score (nSPS) is 10.1. The molecule has 1 aromatic carbocycles. The van der Waals surface area contributed by atoms with Crippen LogP contribution in [0.3, 0.4) is 0 Å². The Morgan fingerprint density at radius 1 is 1.32 bits per heavy atom. The molecule has 2 N–H and O–H groups in total. The van der Waals surface area contributed by atoms with Crippen molar-refractivity contribution >= 4 is 5.69 Å². The fourth-order valence-corrected chi connectivity index (χ4v) is 1.66. The maximum Gasteiger partial charge on any atom is 0.102 e. The zero-order valence-electron chi connectivity index (χ0n) is 10.5. The Hall–Kier alpha value is -2.39. The van der Waals surface area contributed by atoms with Crippen LogP contribution >= 0.6 is 0 Å². The summed E-state index contributed by atoms with van der Waals surface area (Å²) in [6.45, 7) is 1.08. The molecule has 0 atom stereocenters. The first-order valence-electron chi connectivity index (χ1n) is 6.01. The van der Waals surface area contributed by atoms with Crippen LogP contribution in [0, 0.1) is 11.3 Å². The SMILES string of the molecule is N#CCc1ccc(NCc2cn(CCO)nn2)cc1. The smallest absolute Gasteiger partial charge is 0.102 e. The van der Waals surface area contributed by atoms with E-state index in [9.17, 15) is 0 Å². The van der Waals surface area contributed by atoms with Gasteiger partial charge >= 0.3 is 0 Å². The molecule has 0 aliphatic rings. The van der Waals surface area contributed by atoms with E-state index in [-0.39, 0.29) is 6.61 Å². The van der Waals surface area contributed by atoms with Gasteiger partial charge in [0.05, 0.1) is 38.4 Å². The Kier molecular flexibility index (Phi) is 4.48. The lowest BCUT2D eigenvalue weighted by Gasteiger charge is -2.04. The first-order chi connectivity index (χ1) is 9.31. The summed E-state index contributed by atoms with van der Waals surface area (Å²) in [5.41, 5.74) is 2.79. The van der Waals surface area contributed by atoms with Gasteiger partial charge in [-0.25, -0.2) is 4.68 Å². The molecular formula is C13H15N5O. The lowest BCUT2D eigenvalue weighted by molar-refractivity contribution is 0.268. The summed E-state index contributed by atoms with van der Waals surface area (Å²) in [7, 11) is 0. The molecule has 0 spiro atoms. The summed E-state index contributed by atoms with van der Waals surface area (Å²) in [5, 5.41) is 28.5. The zero-order valence-corrected chi connectivity index (χ0v) is 10.5. The third kappa shape index (κ3) is 3.79. The zero-order chi connectivity index (χ0) is 13.5. The molecule has 0 fully saturated rings. The Bertz CT molecular complexity index is 555. The van der Waals surface area contributed by atoms with Crippen molar-refractivity contribution in [3.63, 3.8) is 0 Å². The topological polar surface area (TPSA) is 86.8 Å². The van der Waals surface area contributed by atoms with E-state index in [0.29, 0.717) is 19.5 Å². The van der Waals surface area contributed by atoms with Gasteiger partial charge in [0.1, 0.15) is 5.69 Å². The average Bonchev–Trinajstić information content (AvgIpc) is 2.87. The molecule has 2 rings (SSSR count). The van der Waals surface area contributed by atoms with Gasteiger partial charge in [-0.1, -0.05) is 17.3 Å². The predicted octanol–water partition coefficient (Wildman–Crippen LogP) is 0.949. The molecule has 6 nitrogen and oxygen atoms in total. The van der Waals surface area contributed by atoms with Gasteiger partial charge in [0.15, 0.2) is 0 Å². The minimum absolute atomic E-state index is 0.0522. The Morgan fingerprint density at radius 3 is 2.79 bits per heavy atom. The highest BCUT2D eigenvalue weighted by Gasteiger charge is 2.00. The van der Waals surface area contributed by atoms with Gasteiger partial charge in [-0.15, -0.1) is 5.10 Å². The minimum atomic E-state index is 0.0522. The third-order valence-corrected chi connectivity index (χ3v) is 2.63. The number of aliphatic hydroxyl groups is 1. The second-order valence-corrected chi connectivity index (χ2v) is 4.08. The number of hydrogen-bond acceptors (Lipinski definition) is 5. The number of aromatic nitrogens is 3. The first kappa shape index (κ1) is 13.1. The number of nitrogens with one attached hydrogen (secondary N) is 1. The van der Waals surface area contributed by atoms with E-state index < -0.39 is 0 Å². The van der Waals surface area contributed by atoms with Crippen LogP contribution in [0.15, 0.2) is 30.5 Å².